The van der Waals surface area contributed by atoms with E-state index >= 15 is 0 Å². The number of anilines is 1. The van der Waals surface area contributed by atoms with Gasteiger partial charge in [-0.25, -0.2) is 4.98 Å². The fourth-order valence-electron chi connectivity index (χ4n) is 3.46. The van der Waals surface area contributed by atoms with Gasteiger partial charge in [-0.15, -0.1) is 11.3 Å². The van der Waals surface area contributed by atoms with E-state index in [0.29, 0.717) is 28.0 Å². The minimum atomic E-state index is -0.226. The maximum absolute atomic E-state index is 13.1. The third-order valence-electron chi connectivity index (χ3n) is 5.08. The van der Waals surface area contributed by atoms with Crippen LogP contribution in [0.15, 0.2) is 76.7 Å². The second kappa shape index (κ2) is 8.06. The molecule has 1 N–H and O–H groups in total. The van der Waals surface area contributed by atoms with Crippen LogP contribution in [0, 0.1) is 6.92 Å². The molecule has 7 heteroatoms. The zero-order chi connectivity index (χ0) is 21.4. The van der Waals surface area contributed by atoms with Crippen molar-refractivity contribution in [2.45, 2.75) is 13.5 Å². The van der Waals surface area contributed by atoms with Gasteiger partial charge in [0.05, 0.1) is 17.5 Å². The van der Waals surface area contributed by atoms with Gasteiger partial charge in [0.2, 0.25) is 0 Å². The van der Waals surface area contributed by atoms with Crippen LogP contribution in [0.5, 0.6) is 0 Å². The van der Waals surface area contributed by atoms with E-state index in [2.05, 4.69) is 41.5 Å². The summed E-state index contributed by atoms with van der Waals surface area (Å²) in [5, 5.41) is 6.05. The molecule has 3 aromatic heterocycles. The molecule has 0 saturated carbocycles. The number of carbonyl (C=O) groups excluding carboxylic acids is 1. The topological polar surface area (TPSA) is 60.1 Å². The number of halogens is 1. The fourth-order valence-corrected chi connectivity index (χ4v) is 4.30. The van der Waals surface area contributed by atoms with Gasteiger partial charge in [-0.2, -0.15) is 0 Å². The molecule has 154 valence electrons. The van der Waals surface area contributed by atoms with Crippen molar-refractivity contribution in [1.82, 2.24) is 9.55 Å². The van der Waals surface area contributed by atoms with E-state index in [9.17, 15) is 4.79 Å². The number of nitrogens with zero attached hydrogens (tertiary/aromatic N) is 2. The van der Waals surface area contributed by atoms with Gasteiger partial charge in [0.1, 0.15) is 5.69 Å². The molecule has 5 aromatic rings. The molecule has 0 aliphatic heterocycles. The van der Waals surface area contributed by atoms with E-state index in [1.165, 1.54) is 16.9 Å². The number of hydrogen-bond donors (Lipinski definition) is 1. The van der Waals surface area contributed by atoms with E-state index in [1.54, 1.807) is 12.3 Å². The largest absolute Gasteiger partial charge is 0.463 e. The number of aryl methyl sites for hydroxylation is 1. The van der Waals surface area contributed by atoms with Crippen molar-refractivity contribution in [1.29, 1.82) is 0 Å². The Labute approximate surface area is 187 Å². The third kappa shape index (κ3) is 4.00. The van der Waals surface area contributed by atoms with Crippen LogP contribution in [0.1, 0.15) is 21.6 Å². The lowest BCUT2D eigenvalue weighted by atomic mass is 10.1. The lowest BCUT2D eigenvalue weighted by Crippen LogP contribution is -2.17. The first-order valence-electron chi connectivity index (χ1n) is 9.72. The average Bonchev–Trinajstić information content (AvgIpc) is 3.48. The Bertz CT molecular complexity index is 1360. The van der Waals surface area contributed by atoms with Crippen molar-refractivity contribution in [3.63, 3.8) is 0 Å². The van der Waals surface area contributed by atoms with Gasteiger partial charge < -0.3 is 8.98 Å². The highest BCUT2D eigenvalue weighted by Crippen LogP contribution is 2.28. The quantitative estimate of drug-likeness (QED) is 0.329. The van der Waals surface area contributed by atoms with Gasteiger partial charge in [0.15, 0.2) is 10.7 Å². The first-order valence-corrected chi connectivity index (χ1v) is 11.0. The van der Waals surface area contributed by atoms with Crippen LogP contribution in [0.2, 0.25) is 5.02 Å². The Hall–Kier alpha value is -3.35. The summed E-state index contributed by atoms with van der Waals surface area (Å²) in [6, 6.07) is 19.4. The smallest absolute Gasteiger partial charge is 0.274 e. The fraction of sp³-hybridized carbons (Fsp3) is 0.0833. The van der Waals surface area contributed by atoms with Crippen molar-refractivity contribution in [2.24, 2.45) is 0 Å². The second-order valence-corrected chi connectivity index (χ2v) is 8.56. The Balaban J connectivity index is 1.42. The molecule has 1 amide bonds. The number of furan rings is 1. The molecular weight excluding hydrogens is 430 g/mol. The van der Waals surface area contributed by atoms with Gasteiger partial charge in [-0.3, -0.25) is 10.1 Å². The van der Waals surface area contributed by atoms with Crippen LogP contribution in [0.4, 0.5) is 5.13 Å². The van der Waals surface area contributed by atoms with Crippen LogP contribution >= 0.6 is 22.9 Å². The lowest BCUT2D eigenvalue weighted by Gasteiger charge is -2.10. The Morgan fingerprint density at radius 1 is 1.13 bits per heavy atom. The van der Waals surface area contributed by atoms with Crippen molar-refractivity contribution in [3.05, 3.63) is 94.2 Å². The zero-order valence-corrected chi connectivity index (χ0v) is 18.2. The van der Waals surface area contributed by atoms with E-state index < -0.39 is 0 Å². The number of benzene rings is 2. The highest BCUT2D eigenvalue weighted by atomic mass is 35.5. The van der Waals surface area contributed by atoms with Crippen molar-refractivity contribution in [2.75, 3.05) is 5.32 Å². The first-order chi connectivity index (χ1) is 15.1. The molecule has 0 aliphatic carbocycles. The number of nitrogens with one attached hydrogen (secondary N) is 1. The van der Waals surface area contributed by atoms with Crippen LogP contribution < -0.4 is 5.32 Å². The van der Waals surface area contributed by atoms with Gasteiger partial charge in [-0.05, 0) is 24.6 Å². The van der Waals surface area contributed by atoms with E-state index in [0.717, 1.165) is 22.3 Å². The predicted octanol–water partition coefficient (Wildman–Crippen LogP) is 6.62. The molecule has 0 unspecified atom stereocenters. The zero-order valence-electron chi connectivity index (χ0n) is 16.6. The lowest BCUT2D eigenvalue weighted by molar-refractivity contribution is 0.101. The number of amides is 1. The minimum Gasteiger partial charge on any atom is -0.463 e. The first kappa shape index (κ1) is 19.6. The Kier molecular flexibility index (Phi) is 5.10. The number of thiazole rings is 1. The molecule has 0 aliphatic rings. The third-order valence-corrected chi connectivity index (χ3v) is 6.09. The van der Waals surface area contributed by atoms with Gasteiger partial charge in [-0.1, -0.05) is 53.6 Å². The van der Waals surface area contributed by atoms with E-state index in [1.807, 2.05) is 40.3 Å². The molecular formula is C24H18ClN3O2S. The molecule has 0 fully saturated rings. The molecule has 0 radical (unpaired) electrons. The number of rotatable bonds is 5. The molecule has 5 rings (SSSR count). The summed E-state index contributed by atoms with van der Waals surface area (Å²) < 4.78 is 7.51. The molecule has 5 nitrogen and oxygen atoms in total. The molecule has 0 atom stereocenters. The summed E-state index contributed by atoms with van der Waals surface area (Å²) >= 11 is 7.34. The standard InChI is InChI=1S/C24H18ClN3O2S/c1-15-2-4-16(5-3-15)13-28-20-10-11-30-22(20)12-21(28)23(29)27-24-26-19(14-31-24)17-6-8-18(25)9-7-17/h2-12,14H,13H2,1H3,(H,26,27,29). The van der Waals surface area contributed by atoms with Crippen molar-refractivity contribution in [3.8, 4) is 11.3 Å². The van der Waals surface area contributed by atoms with Gasteiger partial charge in [0.25, 0.3) is 5.91 Å². The normalized spacial score (nSPS) is 11.2. The number of hydrogen-bond acceptors (Lipinski definition) is 4. The summed E-state index contributed by atoms with van der Waals surface area (Å²) in [5.41, 5.74) is 6.13. The molecule has 0 saturated heterocycles. The number of aromatic nitrogens is 2. The SMILES string of the molecule is Cc1ccc(Cn2c(C(=O)Nc3nc(-c4ccc(Cl)cc4)cs3)cc3occc32)cc1. The van der Waals surface area contributed by atoms with E-state index in [4.69, 9.17) is 16.0 Å². The summed E-state index contributed by atoms with van der Waals surface area (Å²) in [5.74, 6) is -0.226. The molecule has 0 bridgehead atoms. The maximum atomic E-state index is 13.1. The Morgan fingerprint density at radius 3 is 2.68 bits per heavy atom. The van der Waals surface area contributed by atoms with Crippen LogP contribution in [0.3, 0.4) is 0 Å². The molecule has 31 heavy (non-hydrogen) atoms. The van der Waals surface area contributed by atoms with E-state index in [-0.39, 0.29) is 5.91 Å². The highest BCUT2D eigenvalue weighted by Gasteiger charge is 2.19. The molecule has 2 aromatic carbocycles. The van der Waals surface area contributed by atoms with Gasteiger partial charge in [0, 0.05) is 34.6 Å². The number of fused-ring (bicyclic) bond motifs is 1. The summed E-state index contributed by atoms with van der Waals surface area (Å²) in [6.07, 6.45) is 1.64. The molecule has 3 heterocycles. The summed E-state index contributed by atoms with van der Waals surface area (Å²) in [6.45, 7) is 2.62. The summed E-state index contributed by atoms with van der Waals surface area (Å²) in [7, 11) is 0. The van der Waals surface area contributed by atoms with Gasteiger partial charge >= 0.3 is 0 Å². The summed E-state index contributed by atoms with van der Waals surface area (Å²) in [4.78, 5) is 17.7. The predicted molar refractivity (Wildman–Crippen MR) is 125 cm³/mol. The van der Waals surface area contributed by atoms with Crippen molar-refractivity contribution < 1.29 is 9.21 Å². The monoisotopic (exact) mass is 447 g/mol. The van der Waals surface area contributed by atoms with Crippen LogP contribution in [-0.4, -0.2) is 15.5 Å². The Morgan fingerprint density at radius 2 is 1.90 bits per heavy atom. The van der Waals surface area contributed by atoms with Crippen LogP contribution in [0.25, 0.3) is 22.4 Å². The minimum absolute atomic E-state index is 0.226. The second-order valence-electron chi connectivity index (χ2n) is 7.27. The number of carbonyl (C=O) groups is 1. The highest BCUT2D eigenvalue weighted by molar-refractivity contribution is 7.14. The van der Waals surface area contributed by atoms with Crippen LogP contribution in [-0.2, 0) is 6.54 Å². The maximum Gasteiger partial charge on any atom is 0.274 e. The average molecular weight is 448 g/mol. The molecule has 0 spiro atoms. The van der Waals surface area contributed by atoms with Crippen molar-refractivity contribution >= 4 is 45.1 Å².